The maximum atomic E-state index is 5.97. The Labute approximate surface area is 205 Å². The summed E-state index contributed by atoms with van der Waals surface area (Å²) in [7, 11) is 0. The molecule has 0 aliphatic rings. The molecular weight excluding hydrogens is 442 g/mol. The number of ether oxygens (including phenoxy) is 2. The van der Waals surface area contributed by atoms with E-state index in [1.807, 2.05) is 50.6 Å². The highest BCUT2D eigenvalue weighted by Crippen LogP contribution is 2.30. The molecule has 2 heterocycles. The maximum Gasteiger partial charge on any atom is 0.221 e. The summed E-state index contributed by atoms with van der Waals surface area (Å²) >= 11 is 0. The second-order valence-electron chi connectivity index (χ2n) is 8.97. The highest BCUT2D eigenvalue weighted by atomic mass is 16.7. The summed E-state index contributed by atoms with van der Waals surface area (Å²) in [6, 6.07) is 16.5. The van der Waals surface area contributed by atoms with Crippen LogP contribution in [-0.4, -0.2) is 47.6 Å². The number of H-pyrrole nitrogens is 1. The van der Waals surface area contributed by atoms with E-state index in [0.29, 0.717) is 18.1 Å². The molecule has 9 nitrogen and oxygen atoms in total. The number of nitrogens with one attached hydrogen (secondary N) is 1. The van der Waals surface area contributed by atoms with Crippen LogP contribution in [-0.2, 0) is 22.4 Å². The maximum absolute atomic E-state index is 5.97. The molecule has 0 amide bonds. The van der Waals surface area contributed by atoms with Gasteiger partial charge in [-0.05, 0) is 56.0 Å². The first-order chi connectivity index (χ1) is 16.9. The molecule has 4 rings (SSSR count). The fourth-order valence-corrected chi connectivity index (χ4v) is 3.85. The van der Waals surface area contributed by atoms with Crippen molar-refractivity contribution in [1.29, 1.82) is 0 Å². The van der Waals surface area contributed by atoms with Crippen molar-refractivity contribution < 1.29 is 9.47 Å². The van der Waals surface area contributed by atoms with E-state index in [1.165, 1.54) is 0 Å². The first kappa shape index (κ1) is 24.7. The van der Waals surface area contributed by atoms with Crippen LogP contribution in [0.2, 0.25) is 0 Å². The fourth-order valence-electron chi connectivity index (χ4n) is 3.85. The molecule has 0 saturated heterocycles. The Morgan fingerprint density at radius 1 is 0.914 bits per heavy atom. The number of hydrogen-bond acceptors (Lipinski definition) is 7. The lowest BCUT2D eigenvalue weighted by atomic mass is 9.98. The number of aryl methyl sites for hydroxylation is 1. The molecule has 4 aromatic rings. The van der Waals surface area contributed by atoms with E-state index >= 15 is 0 Å². The standard InChI is InChI=1S/C26H33N7O2/c1-6-15-33-23(27-25(30-33)26(34-17(2)3)35-18(4)5)16-19-11-13-20(14-12-19)21-9-7-8-10-22(21)24-28-31-32-29-24/h7-14,17-18,26H,6,15-16H2,1-5H3,(H,28,29,31,32). The van der Waals surface area contributed by atoms with Gasteiger partial charge in [-0.3, -0.25) is 0 Å². The number of aromatic nitrogens is 7. The minimum absolute atomic E-state index is 0.00296. The molecule has 0 saturated carbocycles. The first-order valence-corrected chi connectivity index (χ1v) is 12.1. The van der Waals surface area contributed by atoms with Crippen molar-refractivity contribution in [3.63, 3.8) is 0 Å². The Kier molecular flexibility index (Phi) is 7.99. The van der Waals surface area contributed by atoms with Gasteiger partial charge in [0.25, 0.3) is 0 Å². The number of tetrazole rings is 1. The van der Waals surface area contributed by atoms with Crippen LogP contribution in [0.25, 0.3) is 22.5 Å². The van der Waals surface area contributed by atoms with Gasteiger partial charge in [0.1, 0.15) is 5.82 Å². The Morgan fingerprint density at radius 2 is 1.60 bits per heavy atom. The predicted octanol–water partition coefficient (Wildman–Crippen LogP) is 4.97. The van der Waals surface area contributed by atoms with Crippen LogP contribution in [0.5, 0.6) is 0 Å². The van der Waals surface area contributed by atoms with Crippen molar-refractivity contribution in [3.05, 3.63) is 65.7 Å². The largest absolute Gasteiger partial charge is 0.343 e. The molecule has 1 N–H and O–H groups in total. The molecule has 184 valence electrons. The number of hydrogen-bond donors (Lipinski definition) is 1. The van der Waals surface area contributed by atoms with Crippen LogP contribution in [0.3, 0.4) is 0 Å². The van der Waals surface area contributed by atoms with Gasteiger partial charge in [-0.25, -0.2) is 9.67 Å². The van der Waals surface area contributed by atoms with E-state index in [4.69, 9.17) is 19.6 Å². The molecule has 0 unspecified atom stereocenters. The van der Waals surface area contributed by atoms with Crippen LogP contribution in [0.1, 0.15) is 64.5 Å². The molecule has 0 radical (unpaired) electrons. The lowest BCUT2D eigenvalue weighted by molar-refractivity contribution is -0.189. The SMILES string of the molecule is CCCn1nc(C(OC(C)C)OC(C)C)nc1Cc1ccc(-c2ccccc2-c2nn[nH]n2)cc1. The van der Waals surface area contributed by atoms with Crippen LogP contribution in [0.15, 0.2) is 48.5 Å². The minimum Gasteiger partial charge on any atom is -0.343 e. The molecule has 0 atom stereocenters. The van der Waals surface area contributed by atoms with E-state index in [9.17, 15) is 0 Å². The summed E-state index contributed by atoms with van der Waals surface area (Å²) in [6.07, 6.45) is 1.04. The molecule has 0 fully saturated rings. The van der Waals surface area contributed by atoms with E-state index in [0.717, 1.165) is 41.0 Å². The molecule has 35 heavy (non-hydrogen) atoms. The van der Waals surface area contributed by atoms with Crippen LogP contribution < -0.4 is 0 Å². The van der Waals surface area contributed by atoms with Crippen molar-refractivity contribution in [2.45, 2.75) is 72.5 Å². The van der Waals surface area contributed by atoms with Crippen LogP contribution >= 0.6 is 0 Å². The van der Waals surface area contributed by atoms with Crippen LogP contribution in [0.4, 0.5) is 0 Å². The van der Waals surface area contributed by atoms with Gasteiger partial charge in [-0.2, -0.15) is 10.3 Å². The number of rotatable bonds is 11. The number of benzene rings is 2. The van der Waals surface area contributed by atoms with Gasteiger partial charge < -0.3 is 9.47 Å². The normalized spacial score (nSPS) is 11.8. The highest BCUT2D eigenvalue weighted by Gasteiger charge is 2.23. The van der Waals surface area contributed by atoms with Gasteiger partial charge in [-0.15, -0.1) is 10.2 Å². The topological polar surface area (TPSA) is 104 Å². The quantitative estimate of drug-likeness (QED) is 0.305. The third kappa shape index (κ3) is 6.17. The summed E-state index contributed by atoms with van der Waals surface area (Å²) in [5.41, 5.74) is 4.22. The third-order valence-corrected chi connectivity index (χ3v) is 5.34. The molecule has 0 bridgehead atoms. The summed E-state index contributed by atoms with van der Waals surface area (Å²) in [6.45, 7) is 10.9. The van der Waals surface area contributed by atoms with E-state index in [-0.39, 0.29) is 12.2 Å². The summed E-state index contributed by atoms with van der Waals surface area (Å²) in [4.78, 5) is 4.83. The molecule has 2 aromatic heterocycles. The summed E-state index contributed by atoms with van der Waals surface area (Å²) in [5.74, 6) is 2.04. The zero-order valence-electron chi connectivity index (χ0n) is 21.0. The predicted molar refractivity (Wildman–Crippen MR) is 133 cm³/mol. The Hall–Kier alpha value is -3.43. The molecule has 2 aromatic carbocycles. The third-order valence-electron chi connectivity index (χ3n) is 5.34. The first-order valence-electron chi connectivity index (χ1n) is 12.1. The highest BCUT2D eigenvalue weighted by molar-refractivity contribution is 5.80. The van der Waals surface area contributed by atoms with Gasteiger partial charge in [0, 0.05) is 18.5 Å². The van der Waals surface area contributed by atoms with Gasteiger partial charge in [0.05, 0.1) is 12.2 Å². The van der Waals surface area contributed by atoms with Gasteiger partial charge in [0.2, 0.25) is 17.9 Å². The second kappa shape index (κ2) is 11.3. The van der Waals surface area contributed by atoms with Gasteiger partial charge in [-0.1, -0.05) is 55.5 Å². The average molecular weight is 476 g/mol. The minimum atomic E-state index is -0.587. The number of nitrogens with zero attached hydrogens (tertiary/aromatic N) is 6. The van der Waals surface area contributed by atoms with Crippen molar-refractivity contribution in [1.82, 2.24) is 35.4 Å². The summed E-state index contributed by atoms with van der Waals surface area (Å²) in [5, 5.41) is 19.2. The lowest BCUT2D eigenvalue weighted by Gasteiger charge is -2.20. The zero-order chi connectivity index (χ0) is 24.8. The second-order valence-corrected chi connectivity index (χ2v) is 8.97. The Morgan fingerprint density at radius 3 is 2.20 bits per heavy atom. The molecule has 0 spiro atoms. The smallest absolute Gasteiger partial charge is 0.221 e. The zero-order valence-corrected chi connectivity index (χ0v) is 21.0. The van der Waals surface area contributed by atoms with Crippen molar-refractivity contribution in [2.24, 2.45) is 0 Å². The Balaban J connectivity index is 1.58. The van der Waals surface area contributed by atoms with Gasteiger partial charge in [0.15, 0.2) is 0 Å². The van der Waals surface area contributed by atoms with E-state index in [1.54, 1.807) is 0 Å². The van der Waals surface area contributed by atoms with Crippen LogP contribution in [0, 0.1) is 0 Å². The summed E-state index contributed by atoms with van der Waals surface area (Å²) < 4.78 is 13.9. The molecule has 0 aliphatic heterocycles. The fraction of sp³-hybridized carbons (Fsp3) is 0.423. The van der Waals surface area contributed by atoms with Crippen molar-refractivity contribution in [2.75, 3.05) is 0 Å². The number of aromatic amines is 1. The van der Waals surface area contributed by atoms with Gasteiger partial charge >= 0.3 is 0 Å². The average Bonchev–Trinajstić information content (AvgIpc) is 3.50. The van der Waals surface area contributed by atoms with E-state index < -0.39 is 6.29 Å². The van der Waals surface area contributed by atoms with Crippen molar-refractivity contribution >= 4 is 0 Å². The molecular formula is C26H33N7O2. The van der Waals surface area contributed by atoms with E-state index in [2.05, 4.69) is 57.9 Å². The lowest BCUT2D eigenvalue weighted by Crippen LogP contribution is -2.19. The monoisotopic (exact) mass is 475 g/mol. The van der Waals surface area contributed by atoms with Crippen molar-refractivity contribution in [3.8, 4) is 22.5 Å². The molecule has 0 aliphatic carbocycles. The molecule has 9 heteroatoms. The Bertz CT molecular complexity index is 1190.